The van der Waals surface area contributed by atoms with Gasteiger partial charge in [-0.1, -0.05) is 45.0 Å². The third-order valence-electron chi connectivity index (χ3n) is 4.42. The third kappa shape index (κ3) is 5.12. The van der Waals surface area contributed by atoms with Crippen LogP contribution < -0.4 is 5.32 Å². The number of benzene rings is 1. The summed E-state index contributed by atoms with van der Waals surface area (Å²) in [4.78, 5) is 0. The summed E-state index contributed by atoms with van der Waals surface area (Å²) >= 11 is 0. The van der Waals surface area contributed by atoms with Crippen molar-refractivity contribution in [1.82, 2.24) is 5.32 Å². The van der Waals surface area contributed by atoms with Crippen LogP contribution in [-0.2, 0) is 4.74 Å². The van der Waals surface area contributed by atoms with Gasteiger partial charge in [0, 0.05) is 12.6 Å². The van der Waals surface area contributed by atoms with Gasteiger partial charge in [-0.25, -0.2) is 0 Å². The molecule has 2 heteroatoms. The van der Waals surface area contributed by atoms with Crippen LogP contribution in [-0.4, -0.2) is 19.3 Å². The lowest BCUT2D eigenvalue weighted by Gasteiger charge is -2.28. The van der Waals surface area contributed by atoms with Crippen molar-refractivity contribution < 1.29 is 4.74 Å². The maximum absolute atomic E-state index is 5.93. The van der Waals surface area contributed by atoms with Crippen molar-refractivity contribution in [3.63, 3.8) is 0 Å². The summed E-state index contributed by atoms with van der Waals surface area (Å²) < 4.78 is 5.93. The minimum Gasteiger partial charge on any atom is -0.378 e. The molecule has 0 radical (unpaired) electrons. The molecular weight excluding hydrogens is 258 g/mol. The summed E-state index contributed by atoms with van der Waals surface area (Å²) in [6.45, 7) is 8.74. The molecule has 1 aliphatic heterocycles. The highest BCUT2D eigenvalue weighted by Crippen LogP contribution is 2.26. The molecule has 118 valence electrons. The van der Waals surface area contributed by atoms with Crippen molar-refractivity contribution in [2.45, 2.75) is 70.9 Å². The minimum absolute atomic E-state index is 0.425. The lowest BCUT2D eigenvalue weighted by Crippen LogP contribution is -2.29. The summed E-state index contributed by atoms with van der Waals surface area (Å²) in [5.41, 5.74) is 2.82. The maximum atomic E-state index is 5.93. The number of nitrogens with one attached hydrogen (secondary N) is 1. The molecule has 1 N–H and O–H groups in total. The van der Waals surface area contributed by atoms with E-state index in [1.807, 2.05) is 0 Å². The molecule has 1 fully saturated rings. The highest BCUT2D eigenvalue weighted by Gasteiger charge is 2.20. The zero-order valence-corrected chi connectivity index (χ0v) is 13.9. The molecule has 2 unspecified atom stereocenters. The first kappa shape index (κ1) is 16.5. The van der Waals surface area contributed by atoms with Crippen LogP contribution in [0.5, 0.6) is 0 Å². The van der Waals surface area contributed by atoms with E-state index < -0.39 is 0 Å². The first-order valence-electron chi connectivity index (χ1n) is 8.65. The summed E-state index contributed by atoms with van der Waals surface area (Å²) in [6.07, 6.45) is 6.46. The fourth-order valence-electron chi connectivity index (χ4n) is 3.03. The van der Waals surface area contributed by atoms with Crippen LogP contribution in [0, 0.1) is 0 Å². The van der Waals surface area contributed by atoms with Gasteiger partial charge < -0.3 is 10.1 Å². The average molecular weight is 289 g/mol. The fourth-order valence-corrected chi connectivity index (χ4v) is 3.03. The summed E-state index contributed by atoms with van der Waals surface area (Å²) in [6, 6.07) is 9.58. The Kier molecular flexibility index (Phi) is 6.72. The molecule has 0 bridgehead atoms. The zero-order chi connectivity index (χ0) is 15.1. The van der Waals surface area contributed by atoms with E-state index in [2.05, 4.69) is 50.4 Å². The Balaban J connectivity index is 2.02. The quantitative estimate of drug-likeness (QED) is 0.777. The van der Waals surface area contributed by atoms with E-state index in [-0.39, 0.29) is 0 Å². The largest absolute Gasteiger partial charge is 0.378 e. The lowest BCUT2D eigenvalue weighted by atomic mass is 9.94. The molecule has 0 aliphatic carbocycles. The van der Waals surface area contributed by atoms with Crippen molar-refractivity contribution in [2.75, 3.05) is 13.2 Å². The molecule has 0 spiro atoms. The third-order valence-corrected chi connectivity index (χ3v) is 4.42. The van der Waals surface area contributed by atoms with E-state index in [0.29, 0.717) is 18.1 Å². The van der Waals surface area contributed by atoms with Crippen molar-refractivity contribution in [2.24, 2.45) is 0 Å². The van der Waals surface area contributed by atoms with Crippen molar-refractivity contribution in [1.29, 1.82) is 0 Å². The molecule has 1 saturated heterocycles. The van der Waals surface area contributed by atoms with Gasteiger partial charge in [0.15, 0.2) is 0 Å². The van der Waals surface area contributed by atoms with Crippen molar-refractivity contribution in [3.05, 3.63) is 35.4 Å². The highest BCUT2D eigenvalue weighted by atomic mass is 16.5. The molecule has 0 amide bonds. The van der Waals surface area contributed by atoms with Crippen LogP contribution in [0.25, 0.3) is 0 Å². The average Bonchev–Trinajstić information content (AvgIpc) is 2.52. The number of ether oxygens (including phenoxy) is 1. The second kappa shape index (κ2) is 8.55. The summed E-state index contributed by atoms with van der Waals surface area (Å²) in [5.74, 6) is 0.600. The first-order chi connectivity index (χ1) is 10.2. The maximum Gasteiger partial charge on any atom is 0.0593 e. The van der Waals surface area contributed by atoms with Gasteiger partial charge in [0.25, 0.3) is 0 Å². The molecule has 1 heterocycles. The van der Waals surface area contributed by atoms with E-state index in [1.165, 1.54) is 36.8 Å². The molecule has 21 heavy (non-hydrogen) atoms. The van der Waals surface area contributed by atoms with E-state index in [9.17, 15) is 0 Å². The number of hydrogen-bond acceptors (Lipinski definition) is 2. The molecule has 1 aromatic rings. The van der Waals surface area contributed by atoms with Gasteiger partial charge in [-0.3, -0.25) is 0 Å². The van der Waals surface area contributed by atoms with Gasteiger partial charge in [0.2, 0.25) is 0 Å². The molecule has 2 rings (SSSR count). The van der Waals surface area contributed by atoms with Crippen molar-refractivity contribution >= 4 is 0 Å². The van der Waals surface area contributed by atoms with Crippen LogP contribution in [0.4, 0.5) is 0 Å². The van der Waals surface area contributed by atoms with Gasteiger partial charge in [-0.2, -0.15) is 0 Å². The number of hydrogen-bond donors (Lipinski definition) is 1. The van der Waals surface area contributed by atoms with Gasteiger partial charge in [-0.05, 0) is 55.7 Å². The monoisotopic (exact) mass is 289 g/mol. The number of rotatable bonds is 7. The van der Waals surface area contributed by atoms with Gasteiger partial charge >= 0.3 is 0 Å². The predicted octanol–water partition coefficient (Wildman–Crippen LogP) is 4.81. The van der Waals surface area contributed by atoms with Gasteiger partial charge in [0.05, 0.1) is 6.10 Å². The second-order valence-corrected chi connectivity index (χ2v) is 6.55. The Morgan fingerprint density at radius 1 is 1.14 bits per heavy atom. The Morgan fingerprint density at radius 3 is 2.43 bits per heavy atom. The molecule has 2 nitrogen and oxygen atoms in total. The Morgan fingerprint density at radius 2 is 1.86 bits per heavy atom. The summed E-state index contributed by atoms with van der Waals surface area (Å²) in [7, 11) is 0. The van der Waals surface area contributed by atoms with E-state index in [1.54, 1.807) is 0 Å². The van der Waals surface area contributed by atoms with Crippen LogP contribution >= 0.6 is 0 Å². The molecule has 0 aromatic heterocycles. The standard InChI is InChI=1S/C19H31NO/c1-4-12-20-19(14-18-7-5-6-13-21-18)17-10-8-16(9-11-17)15(2)3/h8-11,15,18-20H,4-7,12-14H2,1-3H3. The Hall–Kier alpha value is -0.860. The van der Waals surface area contributed by atoms with Gasteiger partial charge in [-0.15, -0.1) is 0 Å². The lowest BCUT2D eigenvalue weighted by molar-refractivity contribution is 0.00505. The normalized spacial score (nSPS) is 20.7. The predicted molar refractivity (Wildman–Crippen MR) is 89.8 cm³/mol. The van der Waals surface area contributed by atoms with Crippen LogP contribution in [0.1, 0.15) is 76.0 Å². The smallest absolute Gasteiger partial charge is 0.0593 e. The fraction of sp³-hybridized carbons (Fsp3) is 0.684. The topological polar surface area (TPSA) is 21.3 Å². The van der Waals surface area contributed by atoms with Crippen molar-refractivity contribution in [3.8, 4) is 0 Å². The minimum atomic E-state index is 0.425. The van der Waals surface area contributed by atoms with Crippen LogP contribution in [0.15, 0.2) is 24.3 Å². The Bertz CT molecular complexity index is 393. The Labute approximate surface area is 130 Å². The highest BCUT2D eigenvalue weighted by molar-refractivity contribution is 5.27. The second-order valence-electron chi connectivity index (χ2n) is 6.55. The molecular formula is C19H31NO. The van der Waals surface area contributed by atoms with Crippen LogP contribution in [0.2, 0.25) is 0 Å². The van der Waals surface area contributed by atoms with Gasteiger partial charge in [0.1, 0.15) is 0 Å². The van der Waals surface area contributed by atoms with E-state index in [4.69, 9.17) is 4.74 Å². The van der Waals surface area contributed by atoms with E-state index in [0.717, 1.165) is 19.6 Å². The summed E-state index contributed by atoms with van der Waals surface area (Å²) in [5, 5.41) is 3.70. The van der Waals surface area contributed by atoms with E-state index >= 15 is 0 Å². The van der Waals surface area contributed by atoms with Crippen LogP contribution in [0.3, 0.4) is 0 Å². The zero-order valence-electron chi connectivity index (χ0n) is 13.9. The molecule has 1 aromatic carbocycles. The SMILES string of the molecule is CCCNC(CC1CCCCO1)c1ccc(C(C)C)cc1. The molecule has 2 atom stereocenters. The molecule has 0 saturated carbocycles. The first-order valence-corrected chi connectivity index (χ1v) is 8.65. The molecule has 1 aliphatic rings.